The minimum atomic E-state index is -0.508. The molecule has 1 amide bonds. The van der Waals surface area contributed by atoms with Crippen LogP contribution in [0.1, 0.15) is 19.4 Å². The fraction of sp³-hybridized carbons (Fsp3) is 0.467. The lowest BCUT2D eigenvalue weighted by Gasteiger charge is -2.19. The van der Waals surface area contributed by atoms with E-state index in [9.17, 15) is 9.59 Å². The number of carbonyl (C=O) groups excluding carboxylic acids is 2. The molecule has 5 heteroatoms. The van der Waals surface area contributed by atoms with Gasteiger partial charge in [0, 0.05) is 0 Å². The number of methoxy groups -OCH3 is 1. The summed E-state index contributed by atoms with van der Waals surface area (Å²) < 4.78 is 5.09. The van der Waals surface area contributed by atoms with Crippen LogP contribution in [0, 0.1) is 0 Å². The maximum absolute atomic E-state index is 11.8. The molecule has 0 radical (unpaired) electrons. The Hall–Kier alpha value is -1.88. The molecule has 0 unspecified atom stereocenters. The van der Waals surface area contributed by atoms with E-state index < -0.39 is 6.04 Å². The quantitative estimate of drug-likeness (QED) is 0.778. The summed E-state index contributed by atoms with van der Waals surface area (Å²) in [5.41, 5.74) is 0.975. The van der Waals surface area contributed by atoms with E-state index in [2.05, 4.69) is 10.6 Å². The van der Waals surface area contributed by atoms with Crippen LogP contribution in [0.15, 0.2) is 24.3 Å². The van der Waals surface area contributed by atoms with E-state index in [0.717, 1.165) is 11.3 Å². The zero-order valence-electron chi connectivity index (χ0n) is 12.4. The Balaban J connectivity index is 2.71. The summed E-state index contributed by atoms with van der Waals surface area (Å²) in [6, 6.07) is 6.62. The Kier molecular flexibility index (Phi) is 6.18. The number of hydrogen-bond acceptors (Lipinski definition) is 4. The first-order chi connectivity index (χ1) is 9.47. The second kappa shape index (κ2) is 7.65. The van der Waals surface area contributed by atoms with Gasteiger partial charge in [0.05, 0.1) is 19.2 Å². The second-order valence-electron chi connectivity index (χ2n) is 4.73. The highest BCUT2D eigenvalue weighted by Crippen LogP contribution is 2.13. The van der Waals surface area contributed by atoms with Gasteiger partial charge in [-0.05, 0) is 45.0 Å². The Morgan fingerprint density at radius 3 is 2.30 bits per heavy atom. The first-order valence-electron chi connectivity index (χ1n) is 6.59. The van der Waals surface area contributed by atoms with Crippen molar-refractivity contribution >= 4 is 11.7 Å². The van der Waals surface area contributed by atoms with Gasteiger partial charge >= 0.3 is 0 Å². The van der Waals surface area contributed by atoms with Gasteiger partial charge in [0.2, 0.25) is 5.91 Å². The molecule has 1 aromatic rings. The number of ether oxygens (including phenoxy) is 1. The fourth-order valence-corrected chi connectivity index (χ4v) is 1.72. The van der Waals surface area contributed by atoms with Crippen molar-refractivity contribution in [1.29, 1.82) is 0 Å². The van der Waals surface area contributed by atoms with Crippen molar-refractivity contribution in [3.8, 4) is 5.75 Å². The average molecular weight is 278 g/mol. The van der Waals surface area contributed by atoms with Crippen molar-refractivity contribution < 1.29 is 14.3 Å². The third-order valence-corrected chi connectivity index (χ3v) is 3.23. The number of nitrogens with one attached hydrogen (secondary N) is 2. The largest absolute Gasteiger partial charge is 0.497 e. The molecule has 0 aromatic heterocycles. The van der Waals surface area contributed by atoms with Gasteiger partial charge < -0.3 is 15.4 Å². The van der Waals surface area contributed by atoms with E-state index in [0.29, 0.717) is 6.42 Å². The van der Waals surface area contributed by atoms with Crippen LogP contribution in [-0.2, 0) is 16.0 Å². The number of amides is 1. The molecule has 0 bridgehead atoms. The summed E-state index contributed by atoms with van der Waals surface area (Å²) in [5.74, 6) is 0.527. The molecule has 5 nitrogen and oxygen atoms in total. The van der Waals surface area contributed by atoms with Crippen molar-refractivity contribution in [3.05, 3.63) is 29.8 Å². The van der Waals surface area contributed by atoms with Crippen LogP contribution in [0.4, 0.5) is 0 Å². The van der Waals surface area contributed by atoms with Crippen molar-refractivity contribution in [2.75, 3.05) is 14.2 Å². The topological polar surface area (TPSA) is 67.4 Å². The molecule has 0 saturated heterocycles. The standard InChI is InChI=1S/C15H22N2O3/c1-10(16-3)15(19)17-14(11(2)18)9-12-5-7-13(20-4)8-6-12/h5-8,10,14,16H,9H2,1-4H3,(H,17,19)/t10-,14-/m1/s1. The van der Waals surface area contributed by atoms with Gasteiger partial charge in [-0.2, -0.15) is 0 Å². The van der Waals surface area contributed by atoms with Crippen LogP contribution in [0.2, 0.25) is 0 Å². The molecule has 2 atom stereocenters. The number of Topliss-reactive ketones (excluding diaryl/α,β-unsaturated/α-hetero) is 1. The minimum absolute atomic E-state index is 0.0579. The lowest BCUT2D eigenvalue weighted by molar-refractivity contribution is -0.127. The van der Waals surface area contributed by atoms with Crippen molar-refractivity contribution in [1.82, 2.24) is 10.6 Å². The van der Waals surface area contributed by atoms with Crippen LogP contribution >= 0.6 is 0 Å². The molecule has 0 aliphatic carbocycles. The zero-order valence-corrected chi connectivity index (χ0v) is 12.4. The molecule has 0 spiro atoms. The fourth-order valence-electron chi connectivity index (χ4n) is 1.72. The second-order valence-corrected chi connectivity index (χ2v) is 4.73. The van der Waals surface area contributed by atoms with Crippen molar-refractivity contribution in [2.45, 2.75) is 32.4 Å². The van der Waals surface area contributed by atoms with Gasteiger partial charge in [0.15, 0.2) is 5.78 Å². The molecular weight excluding hydrogens is 256 g/mol. The molecular formula is C15H22N2O3. The summed E-state index contributed by atoms with van der Waals surface area (Å²) >= 11 is 0. The van der Waals surface area contributed by atoms with Crippen LogP contribution < -0.4 is 15.4 Å². The van der Waals surface area contributed by atoms with Gasteiger partial charge in [-0.15, -0.1) is 0 Å². The summed E-state index contributed by atoms with van der Waals surface area (Å²) in [6.07, 6.45) is 0.474. The number of rotatable bonds is 7. The van der Waals surface area contributed by atoms with Crippen LogP contribution in [0.25, 0.3) is 0 Å². The maximum atomic E-state index is 11.8. The van der Waals surface area contributed by atoms with Crippen LogP contribution in [0.3, 0.4) is 0 Å². The predicted molar refractivity (Wildman–Crippen MR) is 77.8 cm³/mol. The third kappa shape index (κ3) is 4.66. The zero-order chi connectivity index (χ0) is 15.1. The molecule has 0 saturated carbocycles. The number of carbonyl (C=O) groups is 2. The molecule has 0 fully saturated rings. The number of hydrogen-bond donors (Lipinski definition) is 2. The number of ketones is 1. The Labute approximate surface area is 119 Å². The predicted octanol–water partition coefficient (Wildman–Crippen LogP) is 0.919. The van der Waals surface area contributed by atoms with E-state index in [1.807, 2.05) is 24.3 Å². The first-order valence-corrected chi connectivity index (χ1v) is 6.59. The van der Waals surface area contributed by atoms with Crippen molar-refractivity contribution in [2.24, 2.45) is 0 Å². The average Bonchev–Trinajstić information content (AvgIpc) is 2.46. The summed E-state index contributed by atoms with van der Waals surface area (Å²) in [5, 5.41) is 5.61. The molecule has 2 N–H and O–H groups in total. The maximum Gasteiger partial charge on any atom is 0.237 e. The highest BCUT2D eigenvalue weighted by atomic mass is 16.5. The molecule has 0 heterocycles. The van der Waals surface area contributed by atoms with E-state index in [-0.39, 0.29) is 17.7 Å². The van der Waals surface area contributed by atoms with E-state index >= 15 is 0 Å². The molecule has 1 aromatic carbocycles. The normalized spacial score (nSPS) is 13.4. The highest BCUT2D eigenvalue weighted by Gasteiger charge is 2.20. The summed E-state index contributed by atoms with van der Waals surface area (Å²) in [7, 11) is 3.31. The van der Waals surface area contributed by atoms with Gasteiger partial charge in [-0.3, -0.25) is 9.59 Å². The van der Waals surface area contributed by atoms with Gasteiger partial charge in [0.1, 0.15) is 5.75 Å². The van der Waals surface area contributed by atoms with Gasteiger partial charge in [-0.1, -0.05) is 12.1 Å². The van der Waals surface area contributed by atoms with E-state index in [4.69, 9.17) is 4.74 Å². The molecule has 20 heavy (non-hydrogen) atoms. The Morgan fingerprint density at radius 2 is 1.85 bits per heavy atom. The lowest BCUT2D eigenvalue weighted by Crippen LogP contribution is -2.48. The molecule has 1 rings (SSSR count). The molecule has 0 aliphatic rings. The lowest BCUT2D eigenvalue weighted by atomic mass is 10.0. The summed E-state index contributed by atoms with van der Waals surface area (Å²) in [4.78, 5) is 23.5. The SMILES string of the molecule is CN[C@H](C)C(=O)N[C@H](Cc1ccc(OC)cc1)C(C)=O. The Bertz CT molecular complexity index is 457. The van der Waals surface area contributed by atoms with Crippen LogP contribution in [-0.4, -0.2) is 37.9 Å². The first kappa shape index (κ1) is 16.2. The van der Waals surface area contributed by atoms with Crippen LogP contribution in [0.5, 0.6) is 5.75 Å². The summed E-state index contributed by atoms with van der Waals surface area (Å²) in [6.45, 7) is 3.23. The Morgan fingerprint density at radius 1 is 1.25 bits per heavy atom. The van der Waals surface area contributed by atoms with E-state index in [1.54, 1.807) is 21.1 Å². The monoisotopic (exact) mass is 278 g/mol. The minimum Gasteiger partial charge on any atom is -0.497 e. The third-order valence-electron chi connectivity index (χ3n) is 3.23. The van der Waals surface area contributed by atoms with E-state index in [1.165, 1.54) is 6.92 Å². The molecule has 110 valence electrons. The smallest absolute Gasteiger partial charge is 0.237 e. The van der Waals surface area contributed by atoms with Crippen molar-refractivity contribution in [3.63, 3.8) is 0 Å². The molecule has 0 aliphatic heterocycles. The number of benzene rings is 1. The highest BCUT2D eigenvalue weighted by molar-refractivity contribution is 5.89. The van der Waals surface area contributed by atoms with Gasteiger partial charge in [-0.25, -0.2) is 0 Å². The number of likely N-dealkylation sites (N-methyl/N-ethyl adjacent to an activating group) is 1. The van der Waals surface area contributed by atoms with Gasteiger partial charge in [0.25, 0.3) is 0 Å².